The lowest BCUT2D eigenvalue weighted by Gasteiger charge is -2.10. The Morgan fingerprint density at radius 2 is 1.93 bits per heavy atom. The topological polar surface area (TPSA) is 81.9 Å². The van der Waals surface area contributed by atoms with Crippen molar-refractivity contribution in [2.45, 2.75) is 0 Å². The predicted molar refractivity (Wildman–Crippen MR) is 114 cm³/mol. The normalized spacial score (nSPS) is 11.5. The van der Waals surface area contributed by atoms with Crippen molar-refractivity contribution in [2.75, 3.05) is 24.2 Å². The number of methoxy groups -OCH3 is 1. The van der Waals surface area contributed by atoms with Gasteiger partial charge in [0.1, 0.15) is 23.9 Å². The smallest absolute Gasteiger partial charge is 0.236 e. The maximum Gasteiger partial charge on any atom is 0.236 e. The van der Waals surface area contributed by atoms with Gasteiger partial charge in [-0.1, -0.05) is 12.1 Å². The Bertz CT molecular complexity index is 1190. The Kier molecular flexibility index (Phi) is 5.41. The van der Waals surface area contributed by atoms with E-state index < -0.39 is 10.0 Å². The van der Waals surface area contributed by atoms with Gasteiger partial charge in [-0.3, -0.25) is 9.12 Å². The molecule has 0 atom stereocenters. The summed E-state index contributed by atoms with van der Waals surface area (Å²) in [4.78, 5) is 5.44. The number of ether oxygens (including phenoxy) is 2. The van der Waals surface area contributed by atoms with Gasteiger partial charge in [0.05, 0.1) is 12.8 Å². The Hall–Kier alpha value is -3.04. The number of fused-ring (bicyclic) bond motifs is 1. The summed E-state index contributed by atoms with van der Waals surface area (Å²) in [5.41, 5.74) is 2.12. The highest BCUT2D eigenvalue weighted by molar-refractivity contribution is 7.92. The number of sulfonamides is 1. The van der Waals surface area contributed by atoms with Crippen LogP contribution in [0.15, 0.2) is 66.3 Å². The third-order valence-electron chi connectivity index (χ3n) is 4.21. The van der Waals surface area contributed by atoms with Crippen LogP contribution >= 0.6 is 11.3 Å². The third-order valence-corrected chi connectivity index (χ3v) is 6.23. The zero-order valence-electron chi connectivity index (χ0n) is 15.6. The fraction of sp³-hybridized carbons (Fsp3) is 0.150. The van der Waals surface area contributed by atoms with Crippen LogP contribution in [0.3, 0.4) is 0 Å². The molecule has 2 aromatic heterocycles. The molecule has 2 heterocycles. The molecular formula is C20H19N3O4S2. The number of rotatable bonds is 8. The van der Waals surface area contributed by atoms with E-state index in [-0.39, 0.29) is 12.4 Å². The molecule has 9 heteroatoms. The monoisotopic (exact) mass is 429 g/mol. The van der Waals surface area contributed by atoms with E-state index in [1.165, 1.54) is 0 Å². The van der Waals surface area contributed by atoms with Crippen LogP contribution in [0.2, 0.25) is 0 Å². The second kappa shape index (κ2) is 8.14. The molecule has 0 saturated heterocycles. The molecule has 0 spiro atoms. The van der Waals surface area contributed by atoms with E-state index in [0.717, 1.165) is 16.2 Å². The fourth-order valence-electron chi connectivity index (χ4n) is 2.78. The van der Waals surface area contributed by atoms with Gasteiger partial charge in [-0.05, 0) is 36.4 Å². The van der Waals surface area contributed by atoms with Crippen molar-refractivity contribution >= 4 is 32.0 Å². The largest absolute Gasteiger partial charge is 0.497 e. The molecule has 0 bridgehead atoms. The van der Waals surface area contributed by atoms with Gasteiger partial charge in [-0.15, -0.1) is 11.3 Å². The highest BCUT2D eigenvalue weighted by Crippen LogP contribution is 2.24. The molecule has 0 aliphatic rings. The summed E-state index contributed by atoms with van der Waals surface area (Å²) in [6.45, 7) is 0.0404. The number of nitrogens with zero attached hydrogens (tertiary/aromatic N) is 2. The maximum absolute atomic E-state index is 12.4. The van der Waals surface area contributed by atoms with Crippen molar-refractivity contribution in [3.05, 3.63) is 66.3 Å². The first-order valence-corrected chi connectivity index (χ1v) is 11.4. The van der Waals surface area contributed by atoms with E-state index in [1.54, 1.807) is 60.9 Å². The first kappa shape index (κ1) is 19.3. The van der Waals surface area contributed by atoms with Crippen molar-refractivity contribution in [2.24, 2.45) is 0 Å². The number of hydrogen-bond donors (Lipinski definition) is 1. The van der Waals surface area contributed by atoms with Crippen molar-refractivity contribution in [3.8, 4) is 22.8 Å². The molecule has 1 N–H and O–H groups in total. The van der Waals surface area contributed by atoms with Crippen molar-refractivity contribution in [1.29, 1.82) is 0 Å². The quantitative estimate of drug-likeness (QED) is 0.459. The molecule has 0 aliphatic carbocycles. The highest BCUT2D eigenvalue weighted by Gasteiger charge is 2.12. The van der Waals surface area contributed by atoms with Gasteiger partial charge < -0.3 is 9.47 Å². The molecule has 2 aromatic carbocycles. The second-order valence-corrected chi connectivity index (χ2v) is 8.96. The fourth-order valence-corrected chi connectivity index (χ4v) is 4.37. The van der Waals surface area contributed by atoms with E-state index in [1.807, 2.05) is 28.2 Å². The van der Waals surface area contributed by atoms with Crippen LogP contribution in [0, 0.1) is 0 Å². The Labute approximate surface area is 172 Å². The summed E-state index contributed by atoms with van der Waals surface area (Å²) in [5.74, 6) is 1.13. The number of imidazole rings is 1. The zero-order valence-corrected chi connectivity index (χ0v) is 17.2. The van der Waals surface area contributed by atoms with Gasteiger partial charge in [0.15, 0.2) is 4.96 Å². The average Bonchev–Trinajstić information content (AvgIpc) is 3.30. The molecule has 0 fully saturated rings. The summed E-state index contributed by atoms with van der Waals surface area (Å²) in [5, 5.41) is 1.96. The number of hydrogen-bond acceptors (Lipinski definition) is 6. The molecule has 29 heavy (non-hydrogen) atoms. The highest BCUT2D eigenvalue weighted by atomic mass is 32.2. The summed E-state index contributed by atoms with van der Waals surface area (Å²) >= 11 is 1.55. The minimum absolute atomic E-state index is 0.0404. The van der Waals surface area contributed by atoms with Crippen molar-refractivity contribution in [3.63, 3.8) is 0 Å². The molecule has 0 aliphatic heterocycles. The first-order valence-electron chi connectivity index (χ1n) is 8.82. The van der Waals surface area contributed by atoms with Gasteiger partial charge in [0, 0.05) is 29.0 Å². The van der Waals surface area contributed by atoms with Gasteiger partial charge in [-0.2, -0.15) is 0 Å². The van der Waals surface area contributed by atoms with E-state index in [9.17, 15) is 8.42 Å². The van der Waals surface area contributed by atoms with Crippen LogP contribution in [0.25, 0.3) is 16.2 Å². The molecule has 0 unspecified atom stereocenters. The summed E-state index contributed by atoms with van der Waals surface area (Å²) < 4.78 is 39.9. The molecule has 4 rings (SSSR count). The summed E-state index contributed by atoms with van der Waals surface area (Å²) in [7, 11) is -1.97. The number of anilines is 1. The maximum atomic E-state index is 12.4. The Balaban J connectivity index is 1.39. The van der Waals surface area contributed by atoms with Crippen molar-refractivity contribution in [1.82, 2.24) is 9.38 Å². The van der Waals surface area contributed by atoms with Gasteiger partial charge >= 0.3 is 0 Å². The molecule has 0 radical (unpaired) electrons. The van der Waals surface area contributed by atoms with Crippen LogP contribution in [0.5, 0.6) is 11.5 Å². The van der Waals surface area contributed by atoms with Gasteiger partial charge in [0.2, 0.25) is 10.0 Å². The molecule has 7 nitrogen and oxygen atoms in total. The van der Waals surface area contributed by atoms with Crippen LogP contribution in [-0.4, -0.2) is 37.3 Å². The van der Waals surface area contributed by atoms with Crippen LogP contribution in [0.4, 0.5) is 5.69 Å². The lowest BCUT2D eigenvalue weighted by Crippen LogP contribution is -2.21. The molecule has 0 amide bonds. The standard InChI is InChI=1S/C20H19N3O4S2/c1-26-17-5-7-18(8-6-17)27-10-12-29(24,25)22-16-4-2-3-15(13-16)19-14-23-9-11-28-20(23)21-19/h2-9,11,13-14,22H,10,12H2,1H3. The second-order valence-electron chi connectivity index (χ2n) is 6.24. The van der Waals surface area contributed by atoms with Gasteiger partial charge in [0.25, 0.3) is 0 Å². The van der Waals surface area contributed by atoms with E-state index in [2.05, 4.69) is 9.71 Å². The SMILES string of the molecule is COc1ccc(OCCS(=O)(=O)Nc2cccc(-c3cn4ccsc4n3)c2)cc1. The number of thiazole rings is 1. The molecular weight excluding hydrogens is 410 g/mol. The molecule has 150 valence electrons. The zero-order chi connectivity index (χ0) is 20.3. The predicted octanol–water partition coefficient (Wildman–Crippen LogP) is 3.89. The number of nitrogens with one attached hydrogen (secondary N) is 1. The average molecular weight is 430 g/mol. The number of aromatic nitrogens is 2. The van der Waals surface area contributed by atoms with E-state index >= 15 is 0 Å². The lowest BCUT2D eigenvalue weighted by molar-refractivity contribution is 0.340. The summed E-state index contributed by atoms with van der Waals surface area (Å²) in [6.07, 6.45) is 3.86. The van der Waals surface area contributed by atoms with Crippen LogP contribution < -0.4 is 14.2 Å². The minimum atomic E-state index is -3.55. The van der Waals surface area contributed by atoms with Crippen LogP contribution in [0.1, 0.15) is 0 Å². The molecule has 0 saturated carbocycles. The van der Waals surface area contributed by atoms with E-state index in [0.29, 0.717) is 17.2 Å². The number of benzene rings is 2. The van der Waals surface area contributed by atoms with Gasteiger partial charge in [-0.25, -0.2) is 13.4 Å². The third kappa shape index (κ3) is 4.69. The Morgan fingerprint density at radius 1 is 1.14 bits per heavy atom. The van der Waals surface area contributed by atoms with Crippen LogP contribution in [-0.2, 0) is 10.0 Å². The summed E-state index contributed by atoms with van der Waals surface area (Å²) in [6, 6.07) is 14.2. The minimum Gasteiger partial charge on any atom is -0.497 e. The first-order chi connectivity index (χ1) is 14.0. The lowest BCUT2D eigenvalue weighted by atomic mass is 10.1. The van der Waals surface area contributed by atoms with Crippen molar-refractivity contribution < 1.29 is 17.9 Å². The Morgan fingerprint density at radius 3 is 2.69 bits per heavy atom. The molecule has 4 aromatic rings. The van der Waals surface area contributed by atoms with E-state index in [4.69, 9.17) is 9.47 Å².